The van der Waals surface area contributed by atoms with Gasteiger partial charge >= 0.3 is 0 Å². The van der Waals surface area contributed by atoms with Crippen LogP contribution in [0.1, 0.15) is 10.6 Å². The summed E-state index contributed by atoms with van der Waals surface area (Å²) >= 11 is 0. The third kappa shape index (κ3) is 4.73. The molecular weight excluding hydrogens is 366 g/mol. The minimum absolute atomic E-state index is 0.0713. The van der Waals surface area contributed by atoms with Crippen LogP contribution in [0.4, 0.5) is 17.1 Å². The topological polar surface area (TPSA) is 124 Å². The summed E-state index contributed by atoms with van der Waals surface area (Å²) in [4.78, 5) is 34.4. The van der Waals surface area contributed by atoms with Crippen molar-refractivity contribution in [1.82, 2.24) is 0 Å². The lowest BCUT2D eigenvalue weighted by molar-refractivity contribution is -0.384. The Kier molecular flexibility index (Phi) is 5.66. The fourth-order valence-electron chi connectivity index (χ4n) is 2.29. The van der Waals surface area contributed by atoms with Gasteiger partial charge in [-0.25, -0.2) is 0 Å². The van der Waals surface area contributed by atoms with Gasteiger partial charge in [0.15, 0.2) is 12.4 Å². The zero-order chi connectivity index (χ0) is 19.9. The molecule has 3 aromatic rings. The number of nitrogens with one attached hydrogen (secondary N) is 2. The van der Waals surface area contributed by atoms with Gasteiger partial charge in [-0.1, -0.05) is 12.1 Å². The molecule has 0 aliphatic heterocycles. The molecule has 0 atom stereocenters. The van der Waals surface area contributed by atoms with Crippen LogP contribution in [0.15, 0.2) is 71.3 Å². The summed E-state index contributed by atoms with van der Waals surface area (Å²) in [6.07, 6.45) is 1.39. The average molecular weight is 381 g/mol. The van der Waals surface area contributed by atoms with Crippen molar-refractivity contribution in [3.63, 3.8) is 0 Å². The largest absolute Gasteiger partial charge is 0.484 e. The van der Waals surface area contributed by atoms with Gasteiger partial charge in [-0.2, -0.15) is 0 Å². The van der Waals surface area contributed by atoms with Crippen molar-refractivity contribution in [2.75, 3.05) is 17.2 Å². The van der Waals surface area contributed by atoms with Gasteiger partial charge in [-0.3, -0.25) is 19.7 Å². The van der Waals surface area contributed by atoms with Crippen molar-refractivity contribution >= 4 is 28.9 Å². The van der Waals surface area contributed by atoms with Crippen LogP contribution >= 0.6 is 0 Å². The molecule has 0 saturated carbocycles. The number of carbonyl (C=O) groups excluding carboxylic acids is 2. The Labute approximate surface area is 159 Å². The van der Waals surface area contributed by atoms with Gasteiger partial charge in [0.1, 0.15) is 5.75 Å². The van der Waals surface area contributed by atoms with Gasteiger partial charge < -0.3 is 19.8 Å². The number of amides is 2. The molecule has 1 aromatic heterocycles. The predicted octanol–water partition coefficient (Wildman–Crippen LogP) is 3.46. The van der Waals surface area contributed by atoms with Crippen LogP contribution in [0.2, 0.25) is 0 Å². The molecule has 0 spiro atoms. The fourth-order valence-corrected chi connectivity index (χ4v) is 2.29. The number of para-hydroxylation sites is 2. The molecule has 0 unspecified atom stereocenters. The lowest BCUT2D eigenvalue weighted by atomic mass is 10.2. The van der Waals surface area contributed by atoms with Crippen LogP contribution in [-0.2, 0) is 4.79 Å². The number of carbonyl (C=O) groups is 2. The molecule has 2 amide bonds. The molecule has 0 aliphatic rings. The van der Waals surface area contributed by atoms with Crippen LogP contribution in [0.5, 0.6) is 5.75 Å². The van der Waals surface area contributed by atoms with Crippen LogP contribution < -0.4 is 15.4 Å². The summed E-state index contributed by atoms with van der Waals surface area (Å²) in [6, 6.07) is 15.2. The fraction of sp³-hybridized carbons (Fsp3) is 0.0526. The Balaban J connectivity index is 1.59. The zero-order valence-corrected chi connectivity index (χ0v) is 14.5. The quantitative estimate of drug-likeness (QED) is 0.477. The SMILES string of the molecule is O=C(COc1ccc([N+](=O)[O-])cc1)Nc1ccccc1NC(=O)c1ccco1. The molecule has 9 nitrogen and oxygen atoms in total. The Morgan fingerprint density at radius 1 is 0.964 bits per heavy atom. The summed E-state index contributed by atoms with van der Waals surface area (Å²) in [5, 5.41) is 15.9. The van der Waals surface area contributed by atoms with Crippen molar-refractivity contribution in [2.24, 2.45) is 0 Å². The maximum Gasteiger partial charge on any atom is 0.291 e. The monoisotopic (exact) mass is 381 g/mol. The van der Waals surface area contributed by atoms with E-state index in [1.54, 1.807) is 30.3 Å². The Morgan fingerprint density at radius 2 is 1.64 bits per heavy atom. The van der Waals surface area contributed by atoms with E-state index in [9.17, 15) is 19.7 Å². The van der Waals surface area contributed by atoms with Gasteiger partial charge in [0.05, 0.1) is 22.6 Å². The smallest absolute Gasteiger partial charge is 0.291 e. The van der Waals surface area contributed by atoms with E-state index in [2.05, 4.69) is 10.6 Å². The lowest BCUT2D eigenvalue weighted by Gasteiger charge is -2.12. The Morgan fingerprint density at radius 3 is 2.25 bits per heavy atom. The normalized spacial score (nSPS) is 10.1. The van der Waals surface area contributed by atoms with Gasteiger partial charge in [0.2, 0.25) is 0 Å². The van der Waals surface area contributed by atoms with E-state index in [1.165, 1.54) is 36.6 Å². The first-order valence-corrected chi connectivity index (χ1v) is 8.14. The number of benzene rings is 2. The van der Waals surface area contributed by atoms with E-state index in [0.29, 0.717) is 17.1 Å². The number of furan rings is 1. The molecule has 0 fully saturated rings. The minimum atomic E-state index is -0.523. The second-order valence-electron chi connectivity index (χ2n) is 5.56. The second kappa shape index (κ2) is 8.49. The van der Waals surface area contributed by atoms with E-state index in [0.717, 1.165) is 0 Å². The number of ether oxygens (including phenoxy) is 1. The maximum absolute atomic E-state index is 12.2. The van der Waals surface area contributed by atoms with Crippen molar-refractivity contribution in [3.8, 4) is 5.75 Å². The number of nitro benzene ring substituents is 1. The zero-order valence-electron chi connectivity index (χ0n) is 14.5. The molecule has 0 aliphatic carbocycles. The number of non-ortho nitro benzene ring substituents is 1. The van der Waals surface area contributed by atoms with E-state index < -0.39 is 16.7 Å². The van der Waals surface area contributed by atoms with Gasteiger partial charge in [-0.05, 0) is 36.4 Å². The molecule has 142 valence electrons. The third-order valence-corrected chi connectivity index (χ3v) is 3.61. The highest BCUT2D eigenvalue weighted by molar-refractivity contribution is 6.05. The van der Waals surface area contributed by atoms with E-state index in [4.69, 9.17) is 9.15 Å². The third-order valence-electron chi connectivity index (χ3n) is 3.61. The lowest BCUT2D eigenvalue weighted by Crippen LogP contribution is -2.21. The molecular formula is C19H15N3O6. The van der Waals surface area contributed by atoms with E-state index >= 15 is 0 Å². The first kappa shape index (κ1) is 18.6. The first-order chi connectivity index (χ1) is 13.5. The highest BCUT2D eigenvalue weighted by Gasteiger charge is 2.13. The van der Waals surface area contributed by atoms with Crippen LogP contribution in [0.25, 0.3) is 0 Å². The molecule has 1 heterocycles. The van der Waals surface area contributed by atoms with Crippen LogP contribution in [0, 0.1) is 10.1 Å². The number of hydrogen-bond acceptors (Lipinski definition) is 6. The number of rotatable bonds is 7. The number of anilines is 2. The van der Waals surface area contributed by atoms with Crippen molar-refractivity contribution < 1.29 is 23.7 Å². The summed E-state index contributed by atoms with van der Waals surface area (Å²) in [5.41, 5.74) is 0.713. The first-order valence-electron chi connectivity index (χ1n) is 8.14. The molecule has 0 bridgehead atoms. The predicted molar refractivity (Wildman–Crippen MR) is 100 cm³/mol. The van der Waals surface area contributed by atoms with Crippen molar-refractivity contribution in [3.05, 3.63) is 82.8 Å². The Hall–Kier alpha value is -4.14. The summed E-state index contributed by atoms with van der Waals surface area (Å²) in [6.45, 7) is -0.307. The Bertz CT molecular complexity index is 983. The summed E-state index contributed by atoms with van der Waals surface area (Å²) < 4.78 is 10.4. The minimum Gasteiger partial charge on any atom is -0.484 e. The highest BCUT2D eigenvalue weighted by Crippen LogP contribution is 2.22. The molecule has 0 saturated heterocycles. The van der Waals surface area contributed by atoms with Gasteiger partial charge in [0.25, 0.3) is 17.5 Å². The molecule has 3 rings (SSSR count). The molecule has 2 aromatic carbocycles. The van der Waals surface area contributed by atoms with E-state index in [1.807, 2.05) is 0 Å². The van der Waals surface area contributed by atoms with E-state index in [-0.39, 0.29) is 18.1 Å². The number of nitrogens with zero attached hydrogens (tertiary/aromatic N) is 1. The van der Waals surface area contributed by atoms with Crippen LogP contribution in [0.3, 0.4) is 0 Å². The van der Waals surface area contributed by atoms with Crippen LogP contribution in [-0.4, -0.2) is 23.3 Å². The molecule has 9 heteroatoms. The average Bonchev–Trinajstić information content (AvgIpc) is 3.23. The highest BCUT2D eigenvalue weighted by atomic mass is 16.6. The standard InChI is InChI=1S/C19H15N3O6/c23-18(12-28-14-9-7-13(8-10-14)22(25)26)20-15-4-1-2-5-16(15)21-19(24)17-6-3-11-27-17/h1-11H,12H2,(H,20,23)(H,21,24). The van der Waals surface area contributed by atoms with Gasteiger partial charge in [0, 0.05) is 12.1 Å². The second-order valence-corrected chi connectivity index (χ2v) is 5.56. The maximum atomic E-state index is 12.2. The molecule has 2 N–H and O–H groups in total. The number of hydrogen-bond donors (Lipinski definition) is 2. The summed E-state index contributed by atoms with van der Waals surface area (Å²) in [7, 11) is 0. The molecule has 28 heavy (non-hydrogen) atoms. The van der Waals surface area contributed by atoms with Crippen molar-refractivity contribution in [2.45, 2.75) is 0 Å². The number of nitro groups is 1. The van der Waals surface area contributed by atoms with Gasteiger partial charge in [-0.15, -0.1) is 0 Å². The van der Waals surface area contributed by atoms with Crippen molar-refractivity contribution in [1.29, 1.82) is 0 Å². The molecule has 0 radical (unpaired) electrons. The summed E-state index contributed by atoms with van der Waals surface area (Å²) in [5.74, 6) is -0.449.